The number of nitrogens with two attached hydrogens (primary N) is 1. The summed E-state index contributed by atoms with van der Waals surface area (Å²) in [6.07, 6.45) is 2.16. The predicted molar refractivity (Wildman–Crippen MR) is 96.0 cm³/mol. The van der Waals surface area contributed by atoms with E-state index in [-0.39, 0.29) is 0 Å². The molecule has 0 fully saturated rings. The summed E-state index contributed by atoms with van der Waals surface area (Å²) in [5.74, 6) is 7.58. The van der Waals surface area contributed by atoms with E-state index in [4.69, 9.17) is 5.84 Å². The first-order chi connectivity index (χ1) is 11.2. The van der Waals surface area contributed by atoms with Crippen molar-refractivity contribution in [2.75, 3.05) is 5.84 Å². The molecule has 0 bridgehead atoms. The molecule has 120 valence electrons. The highest BCUT2D eigenvalue weighted by Crippen LogP contribution is 2.25. The van der Waals surface area contributed by atoms with Crippen LogP contribution in [-0.2, 0) is 12.2 Å². The standard InChI is InChI=1S/C16H19N5S2/c1-3-4-14-18-13(9-22-14)10-23-16-20-19-15(21(16)17)12-7-5-11(2)6-8-12/h5-9H,3-4,10,17H2,1-2H3. The predicted octanol–water partition coefficient (Wildman–Crippen LogP) is 3.67. The van der Waals surface area contributed by atoms with Crippen LogP contribution in [0.4, 0.5) is 0 Å². The fraction of sp³-hybridized carbons (Fsp3) is 0.312. The van der Waals surface area contributed by atoms with Crippen molar-refractivity contribution >= 4 is 23.1 Å². The zero-order valence-corrected chi connectivity index (χ0v) is 14.8. The summed E-state index contributed by atoms with van der Waals surface area (Å²) in [5.41, 5.74) is 3.25. The van der Waals surface area contributed by atoms with E-state index in [1.54, 1.807) is 27.8 Å². The van der Waals surface area contributed by atoms with Crippen molar-refractivity contribution in [3.05, 3.63) is 45.9 Å². The first-order valence-electron chi connectivity index (χ1n) is 7.51. The molecule has 7 heteroatoms. The molecule has 0 amide bonds. The van der Waals surface area contributed by atoms with Crippen molar-refractivity contribution in [3.8, 4) is 11.4 Å². The Labute approximate surface area is 143 Å². The van der Waals surface area contributed by atoms with Gasteiger partial charge in [0.25, 0.3) is 0 Å². The molecule has 0 aliphatic carbocycles. The van der Waals surface area contributed by atoms with Crippen LogP contribution in [0.15, 0.2) is 34.8 Å². The topological polar surface area (TPSA) is 69.6 Å². The molecule has 23 heavy (non-hydrogen) atoms. The largest absolute Gasteiger partial charge is 0.335 e. The van der Waals surface area contributed by atoms with Gasteiger partial charge in [0.1, 0.15) is 0 Å². The van der Waals surface area contributed by atoms with E-state index in [9.17, 15) is 0 Å². The van der Waals surface area contributed by atoms with Gasteiger partial charge in [0.05, 0.1) is 10.7 Å². The summed E-state index contributed by atoms with van der Waals surface area (Å²) in [6, 6.07) is 8.10. The van der Waals surface area contributed by atoms with Crippen LogP contribution >= 0.6 is 23.1 Å². The molecule has 5 nitrogen and oxygen atoms in total. The fourth-order valence-electron chi connectivity index (χ4n) is 2.16. The fourth-order valence-corrected chi connectivity index (χ4v) is 3.91. The minimum absolute atomic E-state index is 0.678. The number of aryl methyl sites for hydroxylation is 2. The summed E-state index contributed by atoms with van der Waals surface area (Å²) < 4.78 is 1.55. The van der Waals surface area contributed by atoms with Gasteiger partial charge >= 0.3 is 0 Å². The van der Waals surface area contributed by atoms with Gasteiger partial charge in [-0.15, -0.1) is 21.5 Å². The number of hydrogen-bond acceptors (Lipinski definition) is 6. The van der Waals surface area contributed by atoms with Crippen LogP contribution < -0.4 is 5.84 Å². The lowest BCUT2D eigenvalue weighted by molar-refractivity contribution is 0.848. The summed E-state index contributed by atoms with van der Waals surface area (Å²) in [6.45, 7) is 4.22. The van der Waals surface area contributed by atoms with Crippen molar-refractivity contribution in [2.45, 2.75) is 37.6 Å². The highest BCUT2D eigenvalue weighted by molar-refractivity contribution is 7.98. The van der Waals surface area contributed by atoms with E-state index >= 15 is 0 Å². The lowest BCUT2D eigenvalue weighted by Crippen LogP contribution is -2.11. The first-order valence-corrected chi connectivity index (χ1v) is 9.37. The molecule has 0 radical (unpaired) electrons. The molecule has 0 atom stereocenters. The average Bonchev–Trinajstić information content (AvgIpc) is 3.14. The Morgan fingerprint density at radius 3 is 2.74 bits per heavy atom. The SMILES string of the molecule is CCCc1nc(CSc2nnc(-c3ccc(C)cc3)n2N)cs1. The maximum Gasteiger partial charge on any atom is 0.210 e. The van der Waals surface area contributed by atoms with Gasteiger partial charge in [-0.3, -0.25) is 0 Å². The third kappa shape index (κ3) is 3.73. The maximum absolute atomic E-state index is 6.14. The summed E-state index contributed by atoms with van der Waals surface area (Å²) in [5, 5.41) is 12.4. The van der Waals surface area contributed by atoms with Crippen molar-refractivity contribution in [1.29, 1.82) is 0 Å². The minimum atomic E-state index is 0.678. The van der Waals surface area contributed by atoms with Crippen LogP contribution in [-0.4, -0.2) is 19.9 Å². The Kier molecular flexibility index (Phi) is 4.97. The van der Waals surface area contributed by atoms with Crippen LogP contribution in [0.5, 0.6) is 0 Å². The highest BCUT2D eigenvalue weighted by Gasteiger charge is 2.13. The molecule has 3 aromatic rings. The third-order valence-corrected chi connectivity index (χ3v) is 5.32. The van der Waals surface area contributed by atoms with Crippen LogP contribution in [0.3, 0.4) is 0 Å². The van der Waals surface area contributed by atoms with E-state index in [0.717, 1.165) is 29.9 Å². The lowest BCUT2D eigenvalue weighted by atomic mass is 10.1. The zero-order chi connectivity index (χ0) is 16.2. The molecular weight excluding hydrogens is 326 g/mol. The second-order valence-corrected chi connectivity index (χ2v) is 7.20. The Bertz CT molecular complexity index is 776. The van der Waals surface area contributed by atoms with Gasteiger partial charge in [0.15, 0.2) is 5.82 Å². The van der Waals surface area contributed by atoms with Crippen LogP contribution in [0.1, 0.15) is 29.6 Å². The first kappa shape index (κ1) is 16.0. The van der Waals surface area contributed by atoms with Crippen molar-refractivity contribution in [2.24, 2.45) is 0 Å². The van der Waals surface area contributed by atoms with Crippen LogP contribution in [0, 0.1) is 6.92 Å². The molecule has 1 aromatic carbocycles. The Morgan fingerprint density at radius 1 is 1.22 bits per heavy atom. The molecule has 0 aliphatic rings. The van der Waals surface area contributed by atoms with Crippen LogP contribution in [0.2, 0.25) is 0 Å². The van der Waals surface area contributed by atoms with Gasteiger partial charge < -0.3 is 5.84 Å². The van der Waals surface area contributed by atoms with E-state index in [0.29, 0.717) is 11.0 Å². The summed E-state index contributed by atoms with van der Waals surface area (Å²) in [4.78, 5) is 4.62. The number of thioether (sulfide) groups is 1. The number of nitrogens with zero attached hydrogens (tertiary/aromatic N) is 4. The van der Waals surface area contributed by atoms with Gasteiger partial charge in [0.2, 0.25) is 5.16 Å². The number of rotatable bonds is 6. The highest BCUT2D eigenvalue weighted by atomic mass is 32.2. The van der Waals surface area contributed by atoms with E-state index in [1.807, 2.05) is 24.3 Å². The third-order valence-electron chi connectivity index (χ3n) is 3.39. The Morgan fingerprint density at radius 2 is 2.00 bits per heavy atom. The quantitative estimate of drug-likeness (QED) is 0.545. The molecule has 0 aliphatic heterocycles. The number of benzene rings is 1. The van der Waals surface area contributed by atoms with E-state index in [1.165, 1.54) is 10.6 Å². The number of aromatic nitrogens is 4. The smallest absolute Gasteiger partial charge is 0.210 e. The van der Waals surface area contributed by atoms with E-state index in [2.05, 4.69) is 34.4 Å². The molecular formula is C16H19N5S2. The second kappa shape index (κ2) is 7.14. The Balaban J connectivity index is 1.70. The van der Waals surface area contributed by atoms with Gasteiger partial charge in [-0.2, -0.15) is 0 Å². The molecule has 0 unspecified atom stereocenters. The average molecular weight is 345 g/mol. The van der Waals surface area contributed by atoms with Gasteiger partial charge in [0, 0.05) is 16.7 Å². The summed E-state index contributed by atoms with van der Waals surface area (Å²) in [7, 11) is 0. The van der Waals surface area contributed by atoms with Gasteiger partial charge in [-0.1, -0.05) is 48.5 Å². The van der Waals surface area contributed by atoms with Gasteiger partial charge in [-0.05, 0) is 19.8 Å². The monoisotopic (exact) mass is 345 g/mol. The van der Waals surface area contributed by atoms with Gasteiger partial charge in [-0.25, -0.2) is 9.66 Å². The molecule has 0 saturated carbocycles. The molecule has 3 rings (SSSR count). The molecule has 2 aromatic heterocycles. The molecule has 0 saturated heterocycles. The maximum atomic E-state index is 6.14. The number of nitrogen functional groups attached to an aromatic ring is 1. The van der Waals surface area contributed by atoms with E-state index < -0.39 is 0 Å². The van der Waals surface area contributed by atoms with Crippen molar-refractivity contribution < 1.29 is 0 Å². The second-order valence-electron chi connectivity index (χ2n) is 5.31. The Hall–Kier alpha value is -1.86. The normalized spacial score (nSPS) is 11.0. The lowest BCUT2D eigenvalue weighted by Gasteiger charge is -2.03. The number of hydrogen-bond donors (Lipinski definition) is 1. The zero-order valence-electron chi connectivity index (χ0n) is 13.2. The molecule has 2 heterocycles. The van der Waals surface area contributed by atoms with Crippen molar-refractivity contribution in [1.82, 2.24) is 19.9 Å². The summed E-state index contributed by atoms with van der Waals surface area (Å²) >= 11 is 3.28. The van der Waals surface area contributed by atoms with Crippen molar-refractivity contribution in [3.63, 3.8) is 0 Å². The van der Waals surface area contributed by atoms with Crippen LogP contribution in [0.25, 0.3) is 11.4 Å². The molecule has 0 spiro atoms. The number of thiazole rings is 1. The molecule has 2 N–H and O–H groups in total. The minimum Gasteiger partial charge on any atom is -0.335 e.